The molecule has 1 aromatic carbocycles. The molecule has 3 rings (SSSR count). The predicted molar refractivity (Wildman–Crippen MR) is 119 cm³/mol. The largest absolute Gasteiger partial charge is 0.546 e. The lowest BCUT2D eigenvalue weighted by atomic mass is 9.84. The zero-order valence-corrected chi connectivity index (χ0v) is 20.4. The number of hydrogen-bond donors (Lipinski definition) is 0. The summed E-state index contributed by atoms with van der Waals surface area (Å²) in [6.45, 7) is 15.3. The number of esters is 1. The second-order valence-electron chi connectivity index (χ2n) is 10.1. The van der Waals surface area contributed by atoms with Crippen molar-refractivity contribution < 1.29 is 18.7 Å². The van der Waals surface area contributed by atoms with E-state index in [0.29, 0.717) is 5.92 Å². The van der Waals surface area contributed by atoms with E-state index in [-0.39, 0.29) is 22.8 Å². The van der Waals surface area contributed by atoms with Crippen LogP contribution in [0.3, 0.4) is 0 Å². The Balaban J connectivity index is 2.11. The Labute approximate surface area is 176 Å². The van der Waals surface area contributed by atoms with Crippen LogP contribution in [0.15, 0.2) is 30.0 Å². The van der Waals surface area contributed by atoms with Gasteiger partial charge in [0.1, 0.15) is 11.2 Å². The maximum absolute atomic E-state index is 13.3. The molecule has 0 radical (unpaired) electrons. The van der Waals surface area contributed by atoms with Crippen LogP contribution in [0.2, 0.25) is 18.1 Å². The fraction of sp³-hybridized carbons (Fsp3) is 0.625. The third-order valence-corrected chi connectivity index (χ3v) is 11.8. The molecule has 1 fully saturated rings. The number of methoxy groups -OCH3 is 2. The highest BCUT2D eigenvalue weighted by atomic mass is 28.4. The Hall–Kier alpha value is -1.75. The van der Waals surface area contributed by atoms with Gasteiger partial charge in [0.2, 0.25) is 8.32 Å². The number of hydrogen-bond acceptors (Lipinski definition) is 4. The molecule has 0 unspecified atom stereocenters. The van der Waals surface area contributed by atoms with Crippen molar-refractivity contribution in [2.75, 3.05) is 14.2 Å². The maximum atomic E-state index is 13.3. The van der Waals surface area contributed by atoms with Gasteiger partial charge in [-0.1, -0.05) is 39.8 Å². The van der Waals surface area contributed by atoms with Gasteiger partial charge < -0.3 is 13.9 Å². The lowest BCUT2D eigenvalue weighted by Gasteiger charge is -2.39. The summed E-state index contributed by atoms with van der Waals surface area (Å²) in [5, 5.41) is 0.0487. The van der Waals surface area contributed by atoms with Crippen LogP contribution in [0, 0.1) is 11.3 Å². The van der Waals surface area contributed by atoms with E-state index in [1.54, 1.807) is 7.11 Å². The summed E-state index contributed by atoms with van der Waals surface area (Å²) < 4.78 is 17.6. The third-order valence-electron chi connectivity index (χ3n) is 7.50. The molecule has 1 aromatic rings. The number of carbonyl (C=O) groups excluding carboxylic acids is 1. The van der Waals surface area contributed by atoms with Crippen LogP contribution in [0.5, 0.6) is 5.75 Å². The second-order valence-corrected chi connectivity index (χ2v) is 14.8. The van der Waals surface area contributed by atoms with Crippen LogP contribution in [-0.2, 0) is 14.0 Å². The fourth-order valence-corrected chi connectivity index (χ4v) is 5.99. The first-order valence-corrected chi connectivity index (χ1v) is 13.5. The van der Waals surface area contributed by atoms with Gasteiger partial charge in [0.25, 0.3) is 0 Å². The molecule has 0 heterocycles. The quantitative estimate of drug-likeness (QED) is 0.335. The van der Waals surface area contributed by atoms with Gasteiger partial charge in [-0.25, -0.2) is 0 Å². The van der Waals surface area contributed by atoms with E-state index in [2.05, 4.69) is 52.9 Å². The Morgan fingerprint density at radius 3 is 2.38 bits per heavy atom. The SMILES string of the molecule is C/C=C(\O[Si](C)(C)C(C)(C)C)[C@]1(C(=O)OC)[C@@H]2c3cc(OC)ccc3[C@@H](C)C[C@@H]21. The molecule has 1 saturated carbocycles. The van der Waals surface area contributed by atoms with E-state index in [4.69, 9.17) is 13.9 Å². The molecular weight excluding hydrogens is 380 g/mol. The predicted octanol–water partition coefficient (Wildman–Crippen LogP) is 6.00. The number of fused-ring (bicyclic) bond motifs is 3. The van der Waals surface area contributed by atoms with Gasteiger partial charge in [-0.3, -0.25) is 4.79 Å². The minimum absolute atomic E-state index is 0.0487. The number of ether oxygens (including phenoxy) is 2. The van der Waals surface area contributed by atoms with Gasteiger partial charge in [-0.05, 0) is 66.6 Å². The van der Waals surface area contributed by atoms with Crippen LogP contribution in [0.1, 0.15) is 64.0 Å². The lowest BCUT2D eigenvalue weighted by Crippen LogP contribution is -2.42. The summed E-state index contributed by atoms with van der Waals surface area (Å²) >= 11 is 0. The van der Waals surface area contributed by atoms with Crippen LogP contribution >= 0.6 is 0 Å². The smallest absolute Gasteiger partial charge is 0.320 e. The Bertz CT molecular complexity index is 836. The van der Waals surface area contributed by atoms with Crippen LogP contribution in [-0.4, -0.2) is 28.5 Å². The maximum Gasteiger partial charge on any atom is 0.320 e. The zero-order chi connectivity index (χ0) is 21.8. The van der Waals surface area contributed by atoms with Gasteiger partial charge in [0.05, 0.1) is 20.0 Å². The van der Waals surface area contributed by atoms with Crippen LogP contribution in [0.25, 0.3) is 0 Å². The molecule has 0 N–H and O–H groups in total. The molecule has 0 aromatic heterocycles. The van der Waals surface area contributed by atoms with E-state index in [9.17, 15) is 4.79 Å². The molecule has 0 amide bonds. The van der Waals surface area contributed by atoms with Gasteiger partial charge in [0.15, 0.2) is 0 Å². The van der Waals surface area contributed by atoms with Crippen molar-refractivity contribution >= 4 is 14.3 Å². The molecule has 2 aliphatic carbocycles. The molecule has 160 valence electrons. The van der Waals surface area contributed by atoms with E-state index in [0.717, 1.165) is 17.9 Å². The Kier molecular flexibility index (Phi) is 5.44. The van der Waals surface area contributed by atoms with Crippen molar-refractivity contribution in [3.05, 3.63) is 41.2 Å². The summed E-state index contributed by atoms with van der Waals surface area (Å²) in [5.41, 5.74) is 1.78. The lowest BCUT2D eigenvalue weighted by molar-refractivity contribution is -0.147. The van der Waals surface area contributed by atoms with Crippen LogP contribution in [0.4, 0.5) is 0 Å². The van der Waals surface area contributed by atoms with Gasteiger partial charge in [0, 0.05) is 5.92 Å². The standard InChI is InChI=1S/C24H36O4Si/c1-10-20(28-29(8,9)23(3,4)5)24(22(25)27-7)19-13-15(2)17-12-11-16(26-6)14-18(17)21(19)24/h10-12,14-15,19,21H,13H2,1-9H3/b20-10-/t15-,19-,21+,24-/m0/s1. The highest BCUT2D eigenvalue weighted by molar-refractivity contribution is 6.74. The molecule has 4 nitrogen and oxygen atoms in total. The summed E-state index contributed by atoms with van der Waals surface area (Å²) in [6.07, 6.45) is 2.96. The van der Waals surface area contributed by atoms with Crippen LogP contribution < -0.4 is 4.74 Å². The highest BCUT2D eigenvalue weighted by Gasteiger charge is 2.75. The van der Waals surface area contributed by atoms with E-state index >= 15 is 0 Å². The first-order valence-electron chi connectivity index (χ1n) is 10.6. The summed E-state index contributed by atoms with van der Waals surface area (Å²) in [6, 6.07) is 6.27. The summed E-state index contributed by atoms with van der Waals surface area (Å²) in [7, 11) is 1.07. The average molecular weight is 417 g/mol. The van der Waals surface area contributed by atoms with E-state index in [1.807, 2.05) is 19.1 Å². The van der Waals surface area contributed by atoms with E-state index < -0.39 is 13.7 Å². The fourth-order valence-electron chi connectivity index (χ4n) is 4.84. The first kappa shape index (κ1) is 21.9. The molecule has 0 bridgehead atoms. The number of benzene rings is 1. The second kappa shape index (κ2) is 7.19. The summed E-state index contributed by atoms with van der Waals surface area (Å²) in [5.74, 6) is 2.10. The number of rotatable bonds is 5. The van der Waals surface area contributed by atoms with Crippen molar-refractivity contribution in [1.82, 2.24) is 0 Å². The summed E-state index contributed by atoms with van der Waals surface area (Å²) in [4.78, 5) is 13.3. The molecule has 0 spiro atoms. The molecule has 0 aliphatic heterocycles. The molecule has 4 atom stereocenters. The first-order chi connectivity index (χ1) is 13.5. The van der Waals surface area contributed by atoms with Gasteiger partial charge >= 0.3 is 5.97 Å². The van der Waals surface area contributed by atoms with Crippen molar-refractivity contribution in [2.24, 2.45) is 11.3 Å². The minimum atomic E-state index is -2.11. The van der Waals surface area contributed by atoms with Crippen molar-refractivity contribution in [2.45, 2.75) is 71.0 Å². The third kappa shape index (κ3) is 3.22. The topological polar surface area (TPSA) is 44.8 Å². The number of carbonyl (C=O) groups is 1. The number of allylic oxidation sites excluding steroid dienone is 1. The molecule has 0 saturated heterocycles. The Morgan fingerprint density at radius 2 is 1.86 bits per heavy atom. The Morgan fingerprint density at radius 1 is 1.21 bits per heavy atom. The molecule has 5 heteroatoms. The normalized spacial score (nSPS) is 28.9. The average Bonchev–Trinajstić information content (AvgIpc) is 3.33. The molecule has 2 aliphatic rings. The van der Waals surface area contributed by atoms with Crippen molar-refractivity contribution in [1.29, 1.82) is 0 Å². The van der Waals surface area contributed by atoms with Gasteiger partial charge in [-0.15, -0.1) is 0 Å². The molecular formula is C24H36O4Si. The van der Waals surface area contributed by atoms with E-state index in [1.165, 1.54) is 18.2 Å². The minimum Gasteiger partial charge on any atom is -0.546 e. The van der Waals surface area contributed by atoms with Crippen molar-refractivity contribution in [3.63, 3.8) is 0 Å². The highest BCUT2D eigenvalue weighted by Crippen LogP contribution is 2.75. The molecule has 29 heavy (non-hydrogen) atoms. The van der Waals surface area contributed by atoms with Gasteiger partial charge in [-0.2, -0.15) is 0 Å². The zero-order valence-electron chi connectivity index (χ0n) is 19.4. The monoisotopic (exact) mass is 416 g/mol. The van der Waals surface area contributed by atoms with Crippen molar-refractivity contribution in [3.8, 4) is 5.75 Å².